The molecule has 2 aromatic rings. The smallest absolute Gasteiger partial charge is 0.263 e. The Morgan fingerprint density at radius 1 is 1.48 bits per heavy atom. The molecule has 0 aliphatic heterocycles. The van der Waals surface area contributed by atoms with Crippen LogP contribution in [0.25, 0.3) is 12.2 Å². The summed E-state index contributed by atoms with van der Waals surface area (Å²) in [5.41, 5.74) is 1.94. The number of aliphatic hydroxyl groups excluding tert-OH is 1. The highest BCUT2D eigenvalue weighted by Gasteiger charge is 2.11. The minimum Gasteiger partial charge on any atom is -0.395 e. The molecule has 0 aliphatic rings. The fraction of sp³-hybridized carbons (Fsp3) is 0.438. The van der Waals surface area contributed by atoms with Gasteiger partial charge in [0.25, 0.3) is 5.91 Å². The number of aryl methyl sites for hydroxylation is 2. The molecule has 23 heavy (non-hydrogen) atoms. The van der Waals surface area contributed by atoms with E-state index in [9.17, 15) is 4.79 Å². The molecule has 7 heteroatoms. The van der Waals surface area contributed by atoms with E-state index < -0.39 is 0 Å². The molecule has 0 saturated carbocycles. The average molecular weight is 335 g/mol. The summed E-state index contributed by atoms with van der Waals surface area (Å²) in [7, 11) is 0. The highest BCUT2D eigenvalue weighted by molar-refractivity contribution is 7.14. The predicted octanol–water partition coefficient (Wildman–Crippen LogP) is 2.67. The average Bonchev–Trinajstić information content (AvgIpc) is 3.15. The van der Waals surface area contributed by atoms with Crippen LogP contribution in [0.15, 0.2) is 10.7 Å². The largest absolute Gasteiger partial charge is 0.395 e. The van der Waals surface area contributed by atoms with Crippen molar-refractivity contribution in [3.63, 3.8) is 0 Å². The van der Waals surface area contributed by atoms with Gasteiger partial charge in [0.2, 0.25) is 0 Å². The highest BCUT2D eigenvalue weighted by atomic mass is 32.1. The maximum Gasteiger partial charge on any atom is 0.263 e. The van der Waals surface area contributed by atoms with Crippen molar-refractivity contribution in [3.05, 3.63) is 33.1 Å². The van der Waals surface area contributed by atoms with Crippen LogP contribution in [0.3, 0.4) is 0 Å². The summed E-state index contributed by atoms with van der Waals surface area (Å²) < 4.78 is 5.26. The molecular formula is C16H21N3O3S. The lowest BCUT2D eigenvalue weighted by atomic mass is 10.1. The van der Waals surface area contributed by atoms with Crippen LogP contribution >= 0.6 is 11.3 Å². The number of aromatic nitrogens is 2. The second kappa shape index (κ2) is 8.59. The van der Waals surface area contributed by atoms with Crippen LogP contribution < -0.4 is 5.32 Å². The Balaban J connectivity index is 2.07. The molecule has 124 valence electrons. The van der Waals surface area contributed by atoms with E-state index in [4.69, 9.17) is 9.63 Å². The third-order valence-corrected chi connectivity index (χ3v) is 4.25. The van der Waals surface area contributed by atoms with Gasteiger partial charge in [-0.25, -0.2) is 4.98 Å². The van der Waals surface area contributed by atoms with Gasteiger partial charge in [-0.15, -0.1) is 11.3 Å². The van der Waals surface area contributed by atoms with E-state index >= 15 is 0 Å². The molecule has 0 radical (unpaired) electrons. The molecule has 6 nitrogen and oxygen atoms in total. The van der Waals surface area contributed by atoms with Crippen molar-refractivity contribution in [3.8, 4) is 0 Å². The van der Waals surface area contributed by atoms with Gasteiger partial charge in [0.05, 0.1) is 18.5 Å². The Bertz CT molecular complexity index is 676. The van der Waals surface area contributed by atoms with E-state index in [-0.39, 0.29) is 19.1 Å². The van der Waals surface area contributed by atoms with Crippen molar-refractivity contribution in [2.24, 2.45) is 0 Å². The van der Waals surface area contributed by atoms with Gasteiger partial charge in [-0.3, -0.25) is 4.79 Å². The van der Waals surface area contributed by atoms with Gasteiger partial charge in [-0.2, -0.15) is 0 Å². The molecule has 0 spiro atoms. The minimum atomic E-state index is -0.221. The number of unbranched alkanes of at least 4 members (excludes halogenated alkanes) is 1. The second-order valence-electron chi connectivity index (χ2n) is 5.08. The zero-order chi connectivity index (χ0) is 16.7. The number of rotatable bonds is 8. The maximum atomic E-state index is 11.8. The molecule has 2 rings (SSSR count). The van der Waals surface area contributed by atoms with Crippen LogP contribution in [-0.2, 0) is 6.42 Å². The second-order valence-corrected chi connectivity index (χ2v) is 6.14. The van der Waals surface area contributed by atoms with Crippen molar-refractivity contribution in [2.75, 3.05) is 13.2 Å². The fourth-order valence-corrected chi connectivity index (χ4v) is 2.78. The topological polar surface area (TPSA) is 88.2 Å². The van der Waals surface area contributed by atoms with Gasteiger partial charge >= 0.3 is 0 Å². The Labute approximate surface area is 139 Å². The van der Waals surface area contributed by atoms with Crippen LogP contribution in [0.4, 0.5) is 0 Å². The van der Waals surface area contributed by atoms with Crippen LogP contribution in [-0.4, -0.2) is 34.3 Å². The molecule has 0 aliphatic carbocycles. The van der Waals surface area contributed by atoms with Gasteiger partial charge < -0.3 is 14.9 Å². The zero-order valence-electron chi connectivity index (χ0n) is 13.3. The van der Waals surface area contributed by atoms with E-state index in [1.165, 1.54) is 17.5 Å². The number of amides is 1. The molecule has 0 aromatic carbocycles. The number of thiazole rings is 1. The number of carbonyl (C=O) groups is 1. The molecular weight excluding hydrogens is 314 g/mol. The van der Waals surface area contributed by atoms with Gasteiger partial charge in [0.15, 0.2) is 0 Å². The first-order valence-corrected chi connectivity index (χ1v) is 8.45. The van der Waals surface area contributed by atoms with Crippen LogP contribution in [0.2, 0.25) is 0 Å². The zero-order valence-corrected chi connectivity index (χ0v) is 14.2. The number of hydrogen-bond donors (Lipinski definition) is 2. The SMILES string of the molecule is CCCCc1noc(C)c1/C=C/c1ncc(C(=O)NCCO)s1. The highest BCUT2D eigenvalue weighted by Crippen LogP contribution is 2.21. The van der Waals surface area contributed by atoms with E-state index in [0.29, 0.717) is 4.88 Å². The third-order valence-electron chi connectivity index (χ3n) is 3.29. The fourth-order valence-electron chi connectivity index (χ4n) is 2.04. The monoisotopic (exact) mass is 335 g/mol. The predicted molar refractivity (Wildman–Crippen MR) is 90.3 cm³/mol. The number of carbonyl (C=O) groups excluding carboxylic acids is 1. The maximum absolute atomic E-state index is 11.8. The van der Waals surface area contributed by atoms with E-state index in [1.54, 1.807) is 0 Å². The van der Waals surface area contributed by atoms with Gasteiger partial charge in [0, 0.05) is 12.1 Å². The summed E-state index contributed by atoms with van der Waals surface area (Å²) in [6.07, 6.45) is 8.40. The molecule has 2 N–H and O–H groups in total. The quantitative estimate of drug-likeness (QED) is 0.774. The summed E-state index contributed by atoms with van der Waals surface area (Å²) >= 11 is 1.30. The normalized spacial score (nSPS) is 11.3. The van der Waals surface area contributed by atoms with Crippen molar-refractivity contribution in [1.82, 2.24) is 15.5 Å². The number of nitrogens with one attached hydrogen (secondary N) is 1. The molecule has 0 saturated heterocycles. The molecule has 1 amide bonds. The van der Waals surface area contributed by atoms with Crippen LogP contribution in [0.5, 0.6) is 0 Å². The lowest BCUT2D eigenvalue weighted by Crippen LogP contribution is -2.25. The van der Waals surface area contributed by atoms with Gasteiger partial charge in [0.1, 0.15) is 15.6 Å². The summed E-state index contributed by atoms with van der Waals surface area (Å²) in [6, 6.07) is 0. The molecule has 2 heterocycles. The molecule has 0 atom stereocenters. The summed E-state index contributed by atoms with van der Waals surface area (Å²) in [4.78, 5) is 16.5. The summed E-state index contributed by atoms with van der Waals surface area (Å²) in [6.45, 7) is 4.19. The van der Waals surface area contributed by atoms with Crippen molar-refractivity contribution >= 4 is 29.4 Å². The third kappa shape index (κ3) is 4.74. The van der Waals surface area contributed by atoms with Crippen molar-refractivity contribution < 1.29 is 14.4 Å². The number of nitrogens with zero attached hydrogens (tertiary/aromatic N) is 2. The van der Waals surface area contributed by atoms with Crippen molar-refractivity contribution in [2.45, 2.75) is 33.1 Å². The lowest BCUT2D eigenvalue weighted by molar-refractivity contribution is 0.0948. The van der Waals surface area contributed by atoms with Crippen LogP contribution in [0.1, 0.15) is 51.5 Å². The first-order valence-electron chi connectivity index (χ1n) is 7.63. The van der Waals surface area contributed by atoms with E-state index in [1.807, 2.05) is 19.1 Å². The molecule has 0 unspecified atom stereocenters. The first kappa shape index (κ1) is 17.4. The summed E-state index contributed by atoms with van der Waals surface area (Å²) in [5.74, 6) is 0.561. The Morgan fingerprint density at radius 3 is 3.04 bits per heavy atom. The Morgan fingerprint density at radius 2 is 2.30 bits per heavy atom. The first-order chi connectivity index (χ1) is 11.2. The van der Waals surface area contributed by atoms with Gasteiger partial charge in [-0.1, -0.05) is 18.5 Å². The number of aliphatic hydroxyl groups is 1. The van der Waals surface area contributed by atoms with Crippen LogP contribution in [0, 0.1) is 6.92 Å². The van der Waals surface area contributed by atoms with E-state index in [0.717, 1.165) is 41.3 Å². The summed E-state index contributed by atoms with van der Waals surface area (Å²) in [5, 5.41) is 16.2. The molecule has 0 bridgehead atoms. The molecule has 0 fully saturated rings. The lowest BCUT2D eigenvalue weighted by Gasteiger charge is -1.98. The van der Waals surface area contributed by atoms with Gasteiger partial charge in [-0.05, 0) is 31.9 Å². The number of hydrogen-bond acceptors (Lipinski definition) is 6. The Hall–Kier alpha value is -1.99. The Kier molecular flexibility index (Phi) is 6.49. The standard InChI is InChI=1S/C16H21N3O3S/c1-3-4-5-13-12(11(2)22-19-13)6-7-15-18-10-14(23-15)16(21)17-8-9-20/h6-7,10,20H,3-5,8-9H2,1-2H3,(H,17,21)/b7-6+. The van der Waals surface area contributed by atoms with Crippen molar-refractivity contribution in [1.29, 1.82) is 0 Å². The van der Waals surface area contributed by atoms with E-state index in [2.05, 4.69) is 22.4 Å². The minimum absolute atomic E-state index is 0.0788. The molecule has 2 aromatic heterocycles.